The Morgan fingerprint density at radius 2 is 2.00 bits per heavy atom. The largest absolute Gasteiger partial charge is 0.493 e. The summed E-state index contributed by atoms with van der Waals surface area (Å²) in [6.07, 6.45) is 3.71. The van der Waals surface area contributed by atoms with Gasteiger partial charge in [0.25, 0.3) is 0 Å². The van der Waals surface area contributed by atoms with Crippen molar-refractivity contribution in [2.75, 3.05) is 13.7 Å². The number of rotatable bonds is 7. The predicted octanol–water partition coefficient (Wildman–Crippen LogP) is 3.09. The van der Waals surface area contributed by atoms with Crippen molar-refractivity contribution in [3.63, 3.8) is 0 Å². The average molecular weight is 286 g/mol. The molecule has 0 aliphatic heterocycles. The average Bonchev–Trinajstić information content (AvgIpc) is 2.50. The maximum absolute atomic E-state index is 5.59. The molecule has 112 valence electrons. The van der Waals surface area contributed by atoms with Crippen molar-refractivity contribution in [3.05, 3.63) is 53.3 Å². The summed E-state index contributed by atoms with van der Waals surface area (Å²) >= 11 is 0. The highest BCUT2D eigenvalue weighted by molar-refractivity contribution is 5.43. The zero-order valence-electron chi connectivity index (χ0n) is 12.8. The van der Waals surface area contributed by atoms with Crippen LogP contribution in [0.3, 0.4) is 0 Å². The second kappa shape index (κ2) is 7.64. The van der Waals surface area contributed by atoms with E-state index in [2.05, 4.69) is 17.2 Å². The number of methoxy groups -OCH3 is 1. The van der Waals surface area contributed by atoms with Gasteiger partial charge in [0.15, 0.2) is 11.5 Å². The molecule has 4 heteroatoms. The summed E-state index contributed by atoms with van der Waals surface area (Å²) in [5.74, 6) is 1.56. The van der Waals surface area contributed by atoms with Gasteiger partial charge in [-0.05, 0) is 48.7 Å². The standard InChI is InChI=1S/C17H22N2O2/c1-4-21-17-9-14(5-6-16(17)20-3)11-19-12-15-7-8-18-10-13(15)2/h5-10,19H,4,11-12H2,1-3H3. The summed E-state index contributed by atoms with van der Waals surface area (Å²) in [6.45, 7) is 6.28. The Morgan fingerprint density at radius 3 is 2.71 bits per heavy atom. The van der Waals surface area contributed by atoms with Crippen LogP contribution in [-0.4, -0.2) is 18.7 Å². The Morgan fingerprint density at radius 1 is 1.14 bits per heavy atom. The summed E-state index contributed by atoms with van der Waals surface area (Å²) in [7, 11) is 1.65. The molecule has 1 N–H and O–H groups in total. The van der Waals surface area contributed by atoms with Crippen LogP contribution in [0.4, 0.5) is 0 Å². The van der Waals surface area contributed by atoms with Crippen LogP contribution in [0.5, 0.6) is 11.5 Å². The fourth-order valence-electron chi connectivity index (χ4n) is 2.14. The van der Waals surface area contributed by atoms with E-state index < -0.39 is 0 Å². The molecular formula is C17H22N2O2. The third-order valence-corrected chi connectivity index (χ3v) is 3.31. The minimum atomic E-state index is 0.628. The molecule has 2 rings (SSSR count). The molecule has 0 amide bonds. The first-order chi connectivity index (χ1) is 10.2. The quantitative estimate of drug-likeness (QED) is 0.849. The van der Waals surface area contributed by atoms with Crippen LogP contribution in [0.15, 0.2) is 36.7 Å². The van der Waals surface area contributed by atoms with E-state index >= 15 is 0 Å². The minimum Gasteiger partial charge on any atom is -0.493 e. The topological polar surface area (TPSA) is 43.4 Å². The molecule has 0 saturated carbocycles. The summed E-state index contributed by atoms with van der Waals surface area (Å²) in [5.41, 5.74) is 3.64. The van der Waals surface area contributed by atoms with E-state index in [9.17, 15) is 0 Å². The molecule has 2 aromatic rings. The first-order valence-electron chi connectivity index (χ1n) is 7.14. The molecule has 0 aliphatic rings. The molecule has 21 heavy (non-hydrogen) atoms. The number of aromatic nitrogens is 1. The van der Waals surface area contributed by atoms with Crippen molar-refractivity contribution in [2.24, 2.45) is 0 Å². The maximum atomic E-state index is 5.59. The van der Waals surface area contributed by atoms with E-state index in [0.29, 0.717) is 6.61 Å². The Labute approximate surface area is 126 Å². The van der Waals surface area contributed by atoms with Gasteiger partial charge in [0.2, 0.25) is 0 Å². The zero-order valence-corrected chi connectivity index (χ0v) is 12.8. The highest BCUT2D eigenvalue weighted by Gasteiger charge is 2.05. The van der Waals surface area contributed by atoms with E-state index in [1.165, 1.54) is 16.7 Å². The first-order valence-corrected chi connectivity index (χ1v) is 7.14. The van der Waals surface area contributed by atoms with Crippen LogP contribution in [0.2, 0.25) is 0 Å². The van der Waals surface area contributed by atoms with E-state index in [4.69, 9.17) is 9.47 Å². The SMILES string of the molecule is CCOc1cc(CNCc2ccncc2C)ccc1OC. The maximum Gasteiger partial charge on any atom is 0.161 e. The summed E-state index contributed by atoms with van der Waals surface area (Å²) < 4.78 is 10.9. The smallest absolute Gasteiger partial charge is 0.161 e. The van der Waals surface area contributed by atoms with E-state index in [1.807, 2.05) is 43.6 Å². The van der Waals surface area contributed by atoms with Gasteiger partial charge in [-0.1, -0.05) is 6.07 Å². The Hall–Kier alpha value is -2.07. The molecule has 1 heterocycles. The van der Waals surface area contributed by atoms with Gasteiger partial charge >= 0.3 is 0 Å². The van der Waals surface area contributed by atoms with Crippen molar-refractivity contribution in [2.45, 2.75) is 26.9 Å². The van der Waals surface area contributed by atoms with Crippen LogP contribution in [0.1, 0.15) is 23.6 Å². The lowest BCUT2D eigenvalue weighted by molar-refractivity contribution is 0.310. The van der Waals surface area contributed by atoms with Gasteiger partial charge in [0.1, 0.15) is 0 Å². The lowest BCUT2D eigenvalue weighted by Gasteiger charge is -2.12. The number of pyridine rings is 1. The molecule has 0 saturated heterocycles. The van der Waals surface area contributed by atoms with Gasteiger partial charge in [0, 0.05) is 25.5 Å². The molecule has 0 radical (unpaired) electrons. The van der Waals surface area contributed by atoms with E-state index in [1.54, 1.807) is 7.11 Å². The monoisotopic (exact) mass is 286 g/mol. The molecule has 0 atom stereocenters. The van der Waals surface area contributed by atoms with Crippen molar-refractivity contribution < 1.29 is 9.47 Å². The summed E-state index contributed by atoms with van der Waals surface area (Å²) in [6, 6.07) is 8.06. The first kappa shape index (κ1) is 15.3. The lowest BCUT2D eigenvalue weighted by Crippen LogP contribution is -2.13. The molecule has 4 nitrogen and oxygen atoms in total. The molecule has 0 spiro atoms. The number of ether oxygens (including phenoxy) is 2. The third kappa shape index (κ3) is 4.20. The molecule has 0 fully saturated rings. The van der Waals surface area contributed by atoms with Gasteiger partial charge < -0.3 is 14.8 Å². The van der Waals surface area contributed by atoms with Crippen LogP contribution < -0.4 is 14.8 Å². The van der Waals surface area contributed by atoms with Crippen molar-refractivity contribution in [1.29, 1.82) is 0 Å². The minimum absolute atomic E-state index is 0.628. The second-order valence-electron chi connectivity index (χ2n) is 4.82. The zero-order chi connectivity index (χ0) is 15.1. The summed E-state index contributed by atoms with van der Waals surface area (Å²) in [4.78, 5) is 4.10. The number of hydrogen-bond donors (Lipinski definition) is 1. The Kier molecular flexibility index (Phi) is 5.58. The Bertz CT molecular complexity index is 585. The number of hydrogen-bond acceptors (Lipinski definition) is 4. The van der Waals surface area contributed by atoms with Gasteiger partial charge in [-0.15, -0.1) is 0 Å². The van der Waals surface area contributed by atoms with Crippen LogP contribution in [0.25, 0.3) is 0 Å². The van der Waals surface area contributed by atoms with Gasteiger partial charge in [-0.25, -0.2) is 0 Å². The van der Waals surface area contributed by atoms with E-state index in [0.717, 1.165) is 24.6 Å². The molecule has 0 bridgehead atoms. The van der Waals surface area contributed by atoms with Crippen molar-refractivity contribution in [1.82, 2.24) is 10.3 Å². The van der Waals surface area contributed by atoms with Crippen molar-refractivity contribution in [3.8, 4) is 11.5 Å². The molecular weight excluding hydrogens is 264 g/mol. The lowest BCUT2D eigenvalue weighted by atomic mass is 10.1. The van der Waals surface area contributed by atoms with Gasteiger partial charge in [0.05, 0.1) is 13.7 Å². The van der Waals surface area contributed by atoms with Gasteiger partial charge in [-0.2, -0.15) is 0 Å². The van der Waals surface area contributed by atoms with Crippen LogP contribution in [0, 0.1) is 6.92 Å². The highest BCUT2D eigenvalue weighted by Crippen LogP contribution is 2.28. The van der Waals surface area contributed by atoms with Crippen molar-refractivity contribution >= 4 is 0 Å². The third-order valence-electron chi connectivity index (χ3n) is 3.31. The van der Waals surface area contributed by atoms with E-state index in [-0.39, 0.29) is 0 Å². The number of nitrogens with one attached hydrogen (secondary N) is 1. The predicted molar refractivity (Wildman–Crippen MR) is 83.7 cm³/mol. The molecule has 1 aromatic carbocycles. The molecule has 0 unspecified atom stereocenters. The van der Waals surface area contributed by atoms with Crippen LogP contribution >= 0.6 is 0 Å². The highest BCUT2D eigenvalue weighted by atomic mass is 16.5. The van der Waals surface area contributed by atoms with Crippen LogP contribution in [-0.2, 0) is 13.1 Å². The number of aryl methyl sites for hydroxylation is 1. The molecule has 0 aliphatic carbocycles. The second-order valence-corrected chi connectivity index (χ2v) is 4.82. The normalized spacial score (nSPS) is 10.4. The summed E-state index contributed by atoms with van der Waals surface area (Å²) in [5, 5.41) is 3.44. The fourth-order valence-corrected chi connectivity index (χ4v) is 2.14. The van der Waals surface area contributed by atoms with Gasteiger partial charge in [-0.3, -0.25) is 4.98 Å². The number of benzene rings is 1. The number of nitrogens with zero attached hydrogens (tertiary/aromatic N) is 1. The molecule has 1 aromatic heterocycles. The Balaban J connectivity index is 1.97. The fraction of sp³-hybridized carbons (Fsp3) is 0.353.